The molecule has 2 aromatic rings. The predicted molar refractivity (Wildman–Crippen MR) is 137 cm³/mol. The van der Waals surface area contributed by atoms with Gasteiger partial charge in [-0.1, -0.05) is 6.07 Å². The molecular formula is C27H28BrNO7. The van der Waals surface area contributed by atoms with Crippen molar-refractivity contribution in [3.05, 3.63) is 68.5 Å². The molecule has 0 radical (unpaired) electrons. The molecule has 4 rings (SSSR count). The zero-order valence-electron chi connectivity index (χ0n) is 20.7. The van der Waals surface area contributed by atoms with Gasteiger partial charge in [-0.25, -0.2) is 4.79 Å². The predicted octanol–water partition coefficient (Wildman–Crippen LogP) is 4.72. The number of halogens is 1. The largest absolute Gasteiger partial charge is 0.503 e. The zero-order valence-corrected chi connectivity index (χ0v) is 22.3. The minimum Gasteiger partial charge on any atom is -0.503 e. The summed E-state index contributed by atoms with van der Waals surface area (Å²) in [6.45, 7) is 1.79. The minimum absolute atomic E-state index is 0.0619. The third-order valence-electron chi connectivity index (χ3n) is 6.72. The minimum atomic E-state index is -0.682. The van der Waals surface area contributed by atoms with Gasteiger partial charge in [-0.05, 0) is 70.6 Å². The van der Waals surface area contributed by atoms with Crippen LogP contribution in [0.5, 0.6) is 23.0 Å². The molecule has 0 bridgehead atoms. The van der Waals surface area contributed by atoms with Crippen molar-refractivity contribution in [3.8, 4) is 23.0 Å². The average Bonchev–Trinajstić information content (AvgIpc) is 2.88. The van der Waals surface area contributed by atoms with E-state index >= 15 is 0 Å². The van der Waals surface area contributed by atoms with Crippen molar-refractivity contribution >= 4 is 27.7 Å². The van der Waals surface area contributed by atoms with Gasteiger partial charge in [0.1, 0.15) is 0 Å². The highest BCUT2D eigenvalue weighted by Gasteiger charge is 2.41. The summed E-state index contributed by atoms with van der Waals surface area (Å²) in [5, 5.41) is 13.6. The molecule has 0 saturated heterocycles. The zero-order chi connectivity index (χ0) is 26.1. The molecule has 0 amide bonds. The summed E-state index contributed by atoms with van der Waals surface area (Å²) < 4.78 is 21.6. The van der Waals surface area contributed by atoms with Gasteiger partial charge < -0.3 is 29.4 Å². The van der Waals surface area contributed by atoms with E-state index in [1.165, 1.54) is 14.2 Å². The third kappa shape index (κ3) is 4.43. The van der Waals surface area contributed by atoms with Crippen LogP contribution in [0, 0.1) is 0 Å². The molecule has 0 saturated carbocycles. The first kappa shape index (κ1) is 25.6. The second-order valence-corrected chi connectivity index (χ2v) is 9.53. The smallest absolute Gasteiger partial charge is 0.336 e. The number of rotatable bonds is 6. The standard InChI is InChI=1S/C27H28BrNO7/c1-13-23(27(32)36-5)24(16-8-17(28)26(31)22(12-16)35-4)25-18(29-13)9-15(10-19(25)30)14-6-7-20(33-2)21(11-14)34-3/h6-8,11-12,15,24,29,31H,9-10H2,1-5H3/t15-,24+/m0/s1. The molecule has 2 atom stereocenters. The monoisotopic (exact) mass is 557 g/mol. The van der Waals surface area contributed by atoms with E-state index in [2.05, 4.69) is 21.2 Å². The summed E-state index contributed by atoms with van der Waals surface area (Å²) >= 11 is 3.36. The molecule has 8 nitrogen and oxygen atoms in total. The molecule has 190 valence electrons. The lowest BCUT2D eigenvalue weighted by Crippen LogP contribution is -2.36. The van der Waals surface area contributed by atoms with Gasteiger partial charge in [-0.15, -0.1) is 0 Å². The number of aromatic hydroxyl groups is 1. The van der Waals surface area contributed by atoms with Crippen LogP contribution in [-0.4, -0.2) is 45.3 Å². The van der Waals surface area contributed by atoms with Crippen LogP contribution < -0.4 is 19.5 Å². The van der Waals surface area contributed by atoms with E-state index < -0.39 is 11.9 Å². The maximum Gasteiger partial charge on any atom is 0.336 e. The Labute approximate surface area is 218 Å². The second kappa shape index (κ2) is 10.3. The number of hydrogen-bond donors (Lipinski definition) is 2. The van der Waals surface area contributed by atoms with Crippen LogP contribution in [0.25, 0.3) is 0 Å². The molecule has 2 aromatic carbocycles. The Hall–Kier alpha value is -3.46. The molecule has 2 aliphatic rings. The first-order chi connectivity index (χ1) is 17.2. The van der Waals surface area contributed by atoms with Crippen LogP contribution in [0.4, 0.5) is 0 Å². The SMILES string of the molecule is COC(=O)C1=C(C)NC2=C(C(=O)C[C@@H](c3ccc(OC)c(OC)c3)C2)[C@@H]1c1cc(Br)c(O)c(OC)c1. The summed E-state index contributed by atoms with van der Waals surface area (Å²) in [7, 11) is 5.91. The van der Waals surface area contributed by atoms with Crippen molar-refractivity contribution in [2.75, 3.05) is 28.4 Å². The maximum atomic E-state index is 13.7. The molecule has 0 spiro atoms. The first-order valence-corrected chi connectivity index (χ1v) is 12.1. The van der Waals surface area contributed by atoms with Gasteiger partial charge in [0.05, 0.1) is 38.5 Å². The maximum absolute atomic E-state index is 13.7. The highest BCUT2D eigenvalue weighted by molar-refractivity contribution is 9.10. The Morgan fingerprint density at radius 3 is 2.28 bits per heavy atom. The summed E-state index contributed by atoms with van der Waals surface area (Å²) in [4.78, 5) is 26.6. The summed E-state index contributed by atoms with van der Waals surface area (Å²) in [5.41, 5.74) is 3.80. The number of ketones is 1. The van der Waals surface area contributed by atoms with Crippen LogP contribution in [0.2, 0.25) is 0 Å². The molecule has 9 heteroatoms. The topological polar surface area (TPSA) is 103 Å². The molecule has 0 unspecified atom stereocenters. The van der Waals surface area contributed by atoms with Crippen molar-refractivity contribution in [1.82, 2.24) is 5.32 Å². The van der Waals surface area contributed by atoms with E-state index in [-0.39, 0.29) is 29.6 Å². The Morgan fingerprint density at radius 1 is 0.972 bits per heavy atom. The van der Waals surface area contributed by atoms with Gasteiger partial charge in [0.15, 0.2) is 28.8 Å². The van der Waals surface area contributed by atoms with Gasteiger partial charge in [-0.3, -0.25) is 4.79 Å². The Bertz CT molecular complexity index is 1300. The van der Waals surface area contributed by atoms with E-state index in [9.17, 15) is 14.7 Å². The van der Waals surface area contributed by atoms with Gasteiger partial charge in [0.2, 0.25) is 0 Å². The van der Waals surface area contributed by atoms with Crippen molar-refractivity contribution in [2.24, 2.45) is 0 Å². The molecule has 0 fully saturated rings. The number of ether oxygens (including phenoxy) is 4. The van der Waals surface area contributed by atoms with Gasteiger partial charge in [0.25, 0.3) is 0 Å². The summed E-state index contributed by atoms with van der Waals surface area (Å²) in [6, 6.07) is 9.01. The van der Waals surface area contributed by atoms with Crippen molar-refractivity contribution in [2.45, 2.75) is 31.6 Å². The number of methoxy groups -OCH3 is 4. The van der Waals surface area contributed by atoms with Crippen LogP contribution >= 0.6 is 15.9 Å². The van der Waals surface area contributed by atoms with Gasteiger partial charge in [-0.2, -0.15) is 0 Å². The Kier molecular flexibility index (Phi) is 7.31. The molecule has 1 heterocycles. The number of phenols is 1. The van der Waals surface area contributed by atoms with Crippen LogP contribution in [-0.2, 0) is 14.3 Å². The molecule has 1 aliphatic heterocycles. The summed E-state index contributed by atoms with van der Waals surface area (Å²) in [5.74, 6) is 0.00661. The van der Waals surface area contributed by atoms with E-state index in [1.807, 2.05) is 18.2 Å². The van der Waals surface area contributed by atoms with Crippen molar-refractivity contribution < 1.29 is 33.6 Å². The fourth-order valence-corrected chi connectivity index (χ4v) is 5.47. The highest BCUT2D eigenvalue weighted by Crippen LogP contribution is 2.48. The Morgan fingerprint density at radius 2 is 1.64 bits per heavy atom. The third-order valence-corrected chi connectivity index (χ3v) is 7.32. The highest BCUT2D eigenvalue weighted by atomic mass is 79.9. The van der Waals surface area contributed by atoms with E-state index in [4.69, 9.17) is 18.9 Å². The van der Waals surface area contributed by atoms with E-state index in [1.54, 1.807) is 33.3 Å². The number of nitrogens with one attached hydrogen (secondary N) is 1. The lowest BCUT2D eigenvalue weighted by atomic mass is 9.71. The van der Waals surface area contributed by atoms with Crippen LogP contribution in [0.3, 0.4) is 0 Å². The number of esters is 1. The van der Waals surface area contributed by atoms with E-state index in [0.717, 1.165) is 11.3 Å². The van der Waals surface area contributed by atoms with Crippen LogP contribution in [0.1, 0.15) is 42.7 Å². The van der Waals surface area contributed by atoms with E-state index in [0.29, 0.717) is 44.8 Å². The number of hydrogen-bond acceptors (Lipinski definition) is 8. The molecule has 36 heavy (non-hydrogen) atoms. The molecule has 2 N–H and O–H groups in total. The normalized spacial score (nSPS) is 19.4. The summed E-state index contributed by atoms with van der Waals surface area (Å²) in [6.07, 6.45) is 0.825. The number of dihydropyridines is 1. The number of Topliss-reactive ketones (excluding diaryl/α,β-unsaturated/α-hetero) is 1. The number of allylic oxidation sites excluding steroid dienone is 3. The van der Waals surface area contributed by atoms with Gasteiger partial charge in [0, 0.05) is 29.3 Å². The Balaban J connectivity index is 1.83. The fourth-order valence-electron chi connectivity index (χ4n) is 5.01. The lowest BCUT2D eigenvalue weighted by molar-refractivity contribution is -0.136. The van der Waals surface area contributed by atoms with Crippen molar-refractivity contribution in [3.63, 3.8) is 0 Å². The fraction of sp³-hybridized carbons (Fsp3) is 0.333. The second-order valence-electron chi connectivity index (χ2n) is 8.68. The molecule has 0 aromatic heterocycles. The average molecular weight is 558 g/mol. The number of benzene rings is 2. The quantitative estimate of drug-likeness (QED) is 0.492. The molecular weight excluding hydrogens is 530 g/mol. The lowest BCUT2D eigenvalue weighted by Gasteiger charge is -2.36. The number of carbonyl (C=O) groups is 2. The number of carbonyl (C=O) groups excluding carboxylic acids is 2. The van der Waals surface area contributed by atoms with Gasteiger partial charge >= 0.3 is 5.97 Å². The number of phenolic OH excluding ortho intramolecular Hbond substituents is 1. The van der Waals surface area contributed by atoms with Crippen molar-refractivity contribution in [1.29, 1.82) is 0 Å². The van der Waals surface area contributed by atoms with Crippen LogP contribution in [0.15, 0.2) is 57.3 Å². The first-order valence-electron chi connectivity index (χ1n) is 11.3. The molecule has 1 aliphatic carbocycles.